The zero-order chi connectivity index (χ0) is 46.3. The molecule has 65 heavy (non-hydrogen) atoms. The smallest absolute Gasteiger partial charge is 0.168 e. The molecule has 0 atom stereocenters. The maximum atomic E-state index is 10.5. The molecule has 0 aliphatic heterocycles. The predicted molar refractivity (Wildman–Crippen MR) is 273 cm³/mol. The summed E-state index contributed by atoms with van der Waals surface area (Å²) in [6.45, 7) is 6.07. The third kappa shape index (κ3) is 13.7. The number of benzene rings is 4. The summed E-state index contributed by atoms with van der Waals surface area (Å²) in [5.74, 6) is -0.231. The van der Waals surface area contributed by atoms with Gasteiger partial charge in [0.15, 0.2) is 29.3 Å². The molecule has 0 fully saturated rings. The van der Waals surface area contributed by atoms with Gasteiger partial charge in [-0.05, 0) is 100 Å². The number of halogens is 10. The van der Waals surface area contributed by atoms with E-state index in [-0.39, 0.29) is 79.1 Å². The van der Waals surface area contributed by atoms with Gasteiger partial charge in [-0.1, -0.05) is 99.7 Å². The van der Waals surface area contributed by atoms with E-state index in [0.29, 0.717) is 77.6 Å². The van der Waals surface area contributed by atoms with Crippen LogP contribution in [0.15, 0.2) is 72.8 Å². The summed E-state index contributed by atoms with van der Waals surface area (Å²) in [6, 6.07) is 20.2. The second-order valence-corrected chi connectivity index (χ2v) is 17.0. The summed E-state index contributed by atoms with van der Waals surface area (Å²) in [5, 5.41) is 47.5. The first-order valence-electron chi connectivity index (χ1n) is 18.5. The first-order chi connectivity index (χ1) is 29.8. The fourth-order valence-electron chi connectivity index (χ4n) is 5.83. The van der Waals surface area contributed by atoms with Crippen molar-refractivity contribution >= 4 is 168 Å². The number of aromatic hydroxyl groups is 4. The number of aryl methyl sites for hydroxylation is 1. The SMILES string of the molecule is CCNCc1ccc2c(Cl)cc(Cl)c(O)c2n1.CN(C)Cc1ccc2c(Cl)cc(Cl)c(O)c2n1.Cc1ccc2c(Cl)cc(Cl)c(O)c2n1.Cl.Cl.O=Cc1ccc2c(Cl)cc(Cl)c(O)c2n1. The van der Waals surface area contributed by atoms with E-state index in [9.17, 15) is 25.2 Å². The van der Waals surface area contributed by atoms with Crippen LogP contribution in [0, 0.1) is 6.92 Å². The van der Waals surface area contributed by atoms with E-state index >= 15 is 0 Å². The largest absolute Gasteiger partial charge is 0.504 e. The Morgan fingerprint density at radius 3 is 1.28 bits per heavy atom. The first kappa shape index (κ1) is 55.5. The summed E-state index contributed by atoms with van der Waals surface area (Å²) in [6.07, 6.45) is 0.591. The number of carbonyl (C=O) groups excluding carboxylic acids is 1. The highest BCUT2D eigenvalue weighted by Crippen LogP contribution is 2.39. The Balaban J connectivity index is 0.000000228. The number of hydrogen-bond acceptors (Lipinski definition) is 11. The van der Waals surface area contributed by atoms with Crippen LogP contribution in [-0.4, -0.2) is 72.2 Å². The van der Waals surface area contributed by atoms with E-state index in [0.717, 1.165) is 23.6 Å². The number of aldehydes is 1. The Morgan fingerprint density at radius 2 is 0.877 bits per heavy atom. The molecule has 0 saturated carbocycles. The van der Waals surface area contributed by atoms with Crippen molar-refractivity contribution in [1.29, 1.82) is 0 Å². The molecule has 4 aromatic heterocycles. The lowest BCUT2D eigenvalue weighted by Gasteiger charge is -2.11. The van der Waals surface area contributed by atoms with Gasteiger partial charge < -0.3 is 30.6 Å². The van der Waals surface area contributed by atoms with Crippen LogP contribution in [-0.2, 0) is 13.1 Å². The van der Waals surface area contributed by atoms with Gasteiger partial charge in [0.05, 0.1) is 51.6 Å². The average Bonchev–Trinajstić information content (AvgIpc) is 3.25. The van der Waals surface area contributed by atoms with Crippen LogP contribution in [0.4, 0.5) is 0 Å². The summed E-state index contributed by atoms with van der Waals surface area (Å²) >= 11 is 47.2. The van der Waals surface area contributed by atoms with Crippen LogP contribution in [0.5, 0.6) is 23.0 Å². The number of aromatic nitrogens is 4. The van der Waals surface area contributed by atoms with E-state index in [4.69, 9.17) is 92.8 Å². The Kier molecular flexibility index (Phi) is 21.2. The van der Waals surface area contributed by atoms with Gasteiger partial charge in [-0.15, -0.1) is 24.8 Å². The number of phenolic OH excluding ortho intramolecular Hbond substituents is 4. The van der Waals surface area contributed by atoms with Gasteiger partial charge in [0.1, 0.15) is 27.8 Å². The molecule has 4 aromatic carbocycles. The summed E-state index contributed by atoms with van der Waals surface area (Å²) in [7, 11) is 3.91. The Bertz CT molecular complexity index is 3000. The van der Waals surface area contributed by atoms with Crippen molar-refractivity contribution in [3.8, 4) is 23.0 Å². The quantitative estimate of drug-likeness (QED) is 0.101. The van der Waals surface area contributed by atoms with Crippen LogP contribution >= 0.6 is 118 Å². The zero-order valence-corrected chi connectivity index (χ0v) is 42.1. The summed E-state index contributed by atoms with van der Waals surface area (Å²) < 4.78 is 0. The summed E-state index contributed by atoms with van der Waals surface area (Å²) in [5.41, 5.74) is 4.30. The van der Waals surface area contributed by atoms with E-state index in [2.05, 4.69) is 25.3 Å². The maximum absolute atomic E-state index is 10.5. The van der Waals surface area contributed by atoms with Crippen molar-refractivity contribution in [2.24, 2.45) is 0 Å². The van der Waals surface area contributed by atoms with Crippen molar-refractivity contribution in [1.82, 2.24) is 30.2 Å². The normalized spacial score (nSPS) is 10.6. The number of phenols is 4. The van der Waals surface area contributed by atoms with Crippen molar-refractivity contribution < 1.29 is 25.2 Å². The Morgan fingerprint density at radius 1 is 0.523 bits per heavy atom. The van der Waals surface area contributed by atoms with E-state index in [1.807, 2.05) is 69.2 Å². The lowest BCUT2D eigenvalue weighted by atomic mass is 10.2. The van der Waals surface area contributed by atoms with Gasteiger partial charge >= 0.3 is 0 Å². The van der Waals surface area contributed by atoms with Crippen LogP contribution in [0.3, 0.4) is 0 Å². The van der Waals surface area contributed by atoms with Crippen LogP contribution in [0.25, 0.3) is 43.6 Å². The molecule has 0 amide bonds. The highest BCUT2D eigenvalue weighted by Gasteiger charge is 2.14. The minimum absolute atomic E-state index is 0. The number of rotatable bonds is 6. The topological polar surface area (TPSA) is 165 Å². The van der Waals surface area contributed by atoms with E-state index in [1.54, 1.807) is 6.07 Å². The van der Waals surface area contributed by atoms with Gasteiger partial charge in [0, 0.05) is 40.3 Å². The minimum Gasteiger partial charge on any atom is -0.504 e. The van der Waals surface area contributed by atoms with Crippen LogP contribution in [0.2, 0.25) is 40.2 Å². The molecular formula is C44H38Cl10N6O5. The monoisotopic (exact) mass is 1080 g/mol. The molecule has 344 valence electrons. The third-order valence-corrected chi connectivity index (χ3v) is 11.3. The number of carbonyl (C=O) groups is 1. The molecule has 0 saturated heterocycles. The molecular weight excluding hydrogens is 1050 g/mol. The lowest BCUT2D eigenvalue weighted by molar-refractivity contribution is 0.111. The average molecular weight is 1090 g/mol. The fraction of sp³-hybridized carbons (Fsp3) is 0.159. The van der Waals surface area contributed by atoms with Crippen molar-refractivity contribution in [3.63, 3.8) is 0 Å². The Labute approximate surface area is 426 Å². The Hall–Kier alpha value is -3.79. The molecule has 8 rings (SSSR count). The highest BCUT2D eigenvalue weighted by molar-refractivity contribution is 6.41. The minimum atomic E-state index is -0.167. The van der Waals surface area contributed by atoms with Crippen molar-refractivity contribution in [2.75, 3.05) is 20.6 Å². The van der Waals surface area contributed by atoms with Gasteiger partial charge in [-0.25, -0.2) is 19.9 Å². The number of nitrogens with zero attached hydrogens (tertiary/aromatic N) is 5. The second-order valence-electron chi connectivity index (χ2n) is 13.8. The van der Waals surface area contributed by atoms with Gasteiger partial charge in [-0.2, -0.15) is 0 Å². The maximum Gasteiger partial charge on any atom is 0.168 e. The van der Waals surface area contributed by atoms with Crippen LogP contribution < -0.4 is 5.32 Å². The van der Waals surface area contributed by atoms with Crippen LogP contribution in [0.1, 0.15) is 34.5 Å². The zero-order valence-electron chi connectivity index (χ0n) is 34.4. The highest BCUT2D eigenvalue weighted by atomic mass is 35.5. The molecule has 0 aliphatic rings. The number of hydrogen-bond donors (Lipinski definition) is 5. The number of fused-ring (bicyclic) bond motifs is 4. The fourth-order valence-corrected chi connectivity index (χ4v) is 7.90. The van der Waals surface area contributed by atoms with Gasteiger partial charge in [-0.3, -0.25) is 4.79 Å². The molecule has 5 N–H and O–H groups in total. The lowest BCUT2D eigenvalue weighted by Crippen LogP contribution is -2.12. The standard InChI is InChI=1S/2C12H12Cl2N2O.C10H5Cl2NO2.C10H7Cl2NO.2ClH/c1-16(2)6-7-3-4-8-9(13)5-10(14)12(17)11(8)15-7;1-2-15-6-7-3-4-8-9(13)5-10(14)12(17)11(8)16-7;11-7-3-8(12)10(15)9-6(7)2-1-5(4-14)13-9;1-5-2-3-6-7(11)4-8(12)10(14)9(6)13-5;;/h3-5,17H,6H2,1-2H3;3-5,15,17H,2,6H2,1H3;1-4,15H;2-4,14H,1H3;2*1H. The predicted octanol–water partition coefficient (Wildman–Crippen LogP) is 14.1. The molecule has 0 unspecified atom stereocenters. The van der Waals surface area contributed by atoms with Crippen molar-refractivity contribution in [3.05, 3.63) is 136 Å². The van der Waals surface area contributed by atoms with Crippen molar-refractivity contribution in [2.45, 2.75) is 26.9 Å². The molecule has 11 nitrogen and oxygen atoms in total. The molecule has 21 heteroatoms. The van der Waals surface area contributed by atoms with E-state index < -0.39 is 0 Å². The third-order valence-electron chi connectivity index (χ3n) is 8.86. The molecule has 0 spiro atoms. The number of nitrogens with one attached hydrogen (secondary N) is 1. The summed E-state index contributed by atoms with van der Waals surface area (Å²) in [4.78, 5) is 29.4. The molecule has 0 aliphatic carbocycles. The first-order valence-corrected chi connectivity index (χ1v) is 21.5. The van der Waals surface area contributed by atoms with Gasteiger partial charge in [0.25, 0.3) is 0 Å². The number of pyridine rings is 4. The van der Waals surface area contributed by atoms with E-state index in [1.165, 1.54) is 30.3 Å². The molecule has 4 heterocycles. The second kappa shape index (κ2) is 24.8. The molecule has 0 radical (unpaired) electrons. The molecule has 8 aromatic rings. The molecule has 0 bridgehead atoms. The van der Waals surface area contributed by atoms with Gasteiger partial charge in [0.2, 0.25) is 0 Å².